The van der Waals surface area contributed by atoms with Crippen molar-refractivity contribution in [3.63, 3.8) is 0 Å². The molecule has 3 nitrogen and oxygen atoms in total. The SMILES string of the molecule is C/C(=C\NC(=O)Nc1c(C)cccc1C(C)C)C(C)C. The van der Waals surface area contributed by atoms with Gasteiger partial charge in [0.25, 0.3) is 0 Å². The Kier molecular flexibility index (Phi) is 5.81. The van der Waals surface area contributed by atoms with Crippen LogP contribution in [0.5, 0.6) is 0 Å². The summed E-state index contributed by atoms with van der Waals surface area (Å²) in [6.07, 6.45) is 1.77. The van der Waals surface area contributed by atoms with Crippen LogP contribution in [0.2, 0.25) is 0 Å². The quantitative estimate of drug-likeness (QED) is 0.813. The molecule has 20 heavy (non-hydrogen) atoms. The first-order valence-electron chi connectivity index (χ1n) is 7.16. The highest BCUT2D eigenvalue weighted by atomic mass is 16.2. The number of hydrogen-bond acceptors (Lipinski definition) is 1. The molecular weight excluding hydrogens is 248 g/mol. The zero-order valence-electron chi connectivity index (χ0n) is 13.4. The second-order valence-corrected chi connectivity index (χ2v) is 5.84. The van der Waals surface area contributed by atoms with Crippen molar-refractivity contribution in [1.82, 2.24) is 5.32 Å². The van der Waals surface area contributed by atoms with E-state index in [9.17, 15) is 4.79 Å². The minimum absolute atomic E-state index is 0.193. The molecule has 0 spiro atoms. The van der Waals surface area contributed by atoms with E-state index in [0.29, 0.717) is 11.8 Å². The van der Waals surface area contributed by atoms with E-state index >= 15 is 0 Å². The Morgan fingerprint density at radius 3 is 2.40 bits per heavy atom. The number of carbonyl (C=O) groups excluding carboxylic acids is 1. The first-order chi connectivity index (χ1) is 9.32. The largest absolute Gasteiger partial charge is 0.323 e. The lowest BCUT2D eigenvalue weighted by Crippen LogP contribution is -2.25. The monoisotopic (exact) mass is 274 g/mol. The van der Waals surface area contributed by atoms with Crippen LogP contribution in [0.3, 0.4) is 0 Å². The molecule has 0 aliphatic heterocycles. The minimum atomic E-state index is -0.193. The highest BCUT2D eigenvalue weighted by Gasteiger charge is 2.11. The van der Waals surface area contributed by atoms with Gasteiger partial charge in [0.1, 0.15) is 0 Å². The van der Waals surface area contributed by atoms with Crippen molar-refractivity contribution in [3.8, 4) is 0 Å². The van der Waals surface area contributed by atoms with Gasteiger partial charge in [-0.05, 0) is 36.8 Å². The van der Waals surface area contributed by atoms with Gasteiger partial charge in [-0.3, -0.25) is 0 Å². The van der Waals surface area contributed by atoms with Crippen LogP contribution >= 0.6 is 0 Å². The Morgan fingerprint density at radius 2 is 1.85 bits per heavy atom. The molecule has 0 radical (unpaired) electrons. The average molecular weight is 274 g/mol. The molecule has 2 N–H and O–H groups in total. The van der Waals surface area contributed by atoms with E-state index < -0.39 is 0 Å². The fourth-order valence-electron chi connectivity index (χ4n) is 1.84. The van der Waals surface area contributed by atoms with Crippen LogP contribution < -0.4 is 10.6 Å². The minimum Gasteiger partial charge on any atom is -0.314 e. The van der Waals surface area contributed by atoms with Gasteiger partial charge in [-0.15, -0.1) is 0 Å². The predicted molar refractivity (Wildman–Crippen MR) is 86.0 cm³/mol. The molecule has 0 aliphatic carbocycles. The summed E-state index contributed by atoms with van der Waals surface area (Å²) in [6.45, 7) is 12.5. The number of aryl methyl sites for hydroxylation is 1. The molecule has 0 unspecified atom stereocenters. The topological polar surface area (TPSA) is 41.1 Å². The second-order valence-electron chi connectivity index (χ2n) is 5.84. The van der Waals surface area contributed by atoms with Gasteiger partial charge in [0.2, 0.25) is 0 Å². The molecule has 1 aromatic rings. The van der Waals surface area contributed by atoms with Gasteiger partial charge in [-0.25, -0.2) is 4.79 Å². The third-order valence-electron chi connectivity index (χ3n) is 3.51. The first-order valence-corrected chi connectivity index (χ1v) is 7.16. The number of benzene rings is 1. The molecule has 0 saturated heterocycles. The first kappa shape index (κ1) is 16.3. The Morgan fingerprint density at radius 1 is 1.20 bits per heavy atom. The van der Waals surface area contributed by atoms with E-state index in [1.165, 1.54) is 0 Å². The van der Waals surface area contributed by atoms with Crippen molar-refractivity contribution in [2.45, 2.75) is 47.5 Å². The molecule has 0 saturated carbocycles. The smallest absolute Gasteiger partial charge is 0.314 e. The molecule has 0 atom stereocenters. The Balaban J connectivity index is 2.84. The summed E-state index contributed by atoms with van der Waals surface area (Å²) in [5.74, 6) is 0.804. The summed E-state index contributed by atoms with van der Waals surface area (Å²) >= 11 is 0. The predicted octanol–water partition coefficient (Wildman–Crippen LogP) is 4.80. The Bertz CT molecular complexity index is 502. The van der Waals surface area contributed by atoms with E-state index in [4.69, 9.17) is 0 Å². The van der Waals surface area contributed by atoms with Crippen LogP contribution in [-0.2, 0) is 0 Å². The van der Waals surface area contributed by atoms with Crippen LogP contribution in [0.25, 0.3) is 0 Å². The summed E-state index contributed by atoms with van der Waals surface area (Å²) in [5, 5.41) is 5.75. The number of para-hydroxylation sites is 1. The lowest BCUT2D eigenvalue weighted by molar-refractivity contribution is 0.255. The van der Waals surface area contributed by atoms with Crippen LogP contribution in [-0.4, -0.2) is 6.03 Å². The molecular formula is C17H26N2O. The summed E-state index contributed by atoms with van der Waals surface area (Å²) in [7, 11) is 0. The van der Waals surface area contributed by atoms with Crippen LogP contribution in [0.1, 0.15) is 51.7 Å². The summed E-state index contributed by atoms with van der Waals surface area (Å²) in [4.78, 5) is 12.0. The van der Waals surface area contributed by atoms with Crippen LogP contribution in [0.4, 0.5) is 10.5 Å². The highest BCUT2D eigenvalue weighted by molar-refractivity contribution is 5.91. The average Bonchev–Trinajstić information content (AvgIpc) is 2.37. The fraction of sp³-hybridized carbons (Fsp3) is 0.471. The van der Waals surface area contributed by atoms with Gasteiger partial charge < -0.3 is 10.6 Å². The number of carbonyl (C=O) groups is 1. The zero-order chi connectivity index (χ0) is 15.3. The molecule has 0 heterocycles. The van der Waals surface area contributed by atoms with Crippen molar-refractivity contribution in [2.24, 2.45) is 5.92 Å². The van der Waals surface area contributed by atoms with Gasteiger partial charge in [-0.1, -0.05) is 51.5 Å². The molecule has 0 aromatic heterocycles. The molecule has 1 aromatic carbocycles. The maximum absolute atomic E-state index is 12.0. The van der Waals surface area contributed by atoms with Crippen molar-refractivity contribution in [2.75, 3.05) is 5.32 Å². The zero-order valence-corrected chi connectivity index (χ0v) is 13.4. The molecule has 0 aliphatic rings. The Labute approximate surface area is 122 Å². The number of urea groups is 1. The maximum Gasteiger partial charge on any atom is 0.323 e. The summed E-state index contributed by atoms with van der Waals surface area (Å²) in [5.41, 5.74) is 4.30. The van der Waals surface area contributed by atoms with Crippen LogP contribution in [0.15, 0.2) is 30.0 Å². The molecule has 0 bridgehead atoms. The second kappa shape index (κ2) is 7.13. The van der Waals surface area contributed by atoms with E-state index in [2.05, 4.69) is 44.4 Å². The van der Waals surface area contributed by atoms with Gasteiger partial charge >= 0.3 is 6.03 Å². The molecule has 3 heteroatoms. The highest BCUT2D eigenvalue weighted by Crippen LogP contribution is 2.27. The fourth-order valence-corrected chi connectivity index (χ4v) is 1.84. The standard InChI is InChI=1S/C17H26N2O/c1-11(2)14(6)10-18-17(20)19-16-13(5)8-7-9-15(16)12(3)4/h7-12H,1-6H3,(H2,18,19,20)/b14-10+. The van der Waals surface area contributed by atoms with Crippen LogP contribution in [0, 0.1) is 12.8 Å². The summed E-state index contributed by atoms with van der Waals surface area (Å²) in [6, 6.07) is 5.90. The summed E-state index contributed by atoms with van der Waals surface area (Å²) < 4.78 is 0. The third-order valence-corrected chi connectivity index (χ3v) is 3.51. The number of amides is 2. The van der Waals surface area contributed by atoms with Gasteiger partial charge in [0, 0.05) is 11.9 Å². The van der Waals surface area contributed by atoms with E-state index in [1.807, 2.05) is 26.0 Å². The van der Waals surface area contributed by atoms with Crippen molar-refractivity contribution < 1.29 is 4.79 Å². The van der Waals surface area contributed by atoms with Gasteiger partial charge in [-0.2, -0.15) is 0 Å². The van der Waals surface area contributed by atoms with Crippen molar-refractivity contribution in [1.29, 1.82) is 0 Å². The number of hydrogen-bond donors (Lipinski definition) is 2. The van der Waals surface area contributed by atoms with Crippen molar-refractivity contribution >= 4 is 11.7 Å². The number of allylic oxidation sites excluding steroid dienone is 1. The maximum atomic E-state index is 12.0. The Hall–Kier alpha value is -1.77. The molecule has 2 amide bonds. The van der Waals surface area contributed by atoms with E-state index in [1.54, 1.807) is 6.20 Å². The number of nitrogens with one attached hydrogen (secondary N) is 2. The lowest BCUT2D eigenvalue weighted by atomic mass is 9.98. The van der Waals surface area contributed by atoms with Gasteiger partial charge in [0.15, 0.2) is 0 Å². The number of anilines is 1. The van der Waals surface area contributed by atoms with E-state index in [-0.39, 0.29) is 6.03 Å². The lowest BCUT2D eigenvalue weighted by Gasteiger charge is -2.16. The van der Waals surface area contributed by atoms with E-state index in [0.717, 1.165) is 22.4 Å². The molecule has 110 valence electrons. The van der Waals surface area contributed by atoms with Gasteiger partial charge in [0.05, 0.1) is 0 Å². The van der Waals surface area contributed by atoms with Crippen molar-refractivity contribution in [3.05, 3.63) is 41.1 Å². The number of rotatable bonds is 4. The molecule has 0 fully saturated rings. The molecule has 1 rings (SSSR count). The third kappa shape index (κ3) is 4.41. The normalized spacial score (nSPS) is 11.9.